The summed E-state index contributed by atoms with van der Waals surface area (Å²) >= 11 is 0. The van der Waals surface area contributed by atoms with Crippen LogP contribution in [0.2, 0.25) is 0 Å². The molecule has 0 aromatic heterocycles. The molecule has 0 aliphatic carbocycles. The van der Waals surface area contributed by atoms with E-state index in [1.807, 2.05) is 0 Å². The van der Waals surface area contributed by atoms with E-state index in [2.05, 4.69) is 0 Å². The monoisotopic (exact) mass is 315 g/mol. The first kappa shape index (κ1) is 16.8. The van der Waals surface area contributed by atoms with E-state index >= 15 is 0 Å². The summed E-state index contributed by atoms with van der Waals surface area (Å²) in [6, 6.07) is 3.21. The van der Waals surface area contributed by atoms with Crippen molar-refractivity contribution in [2.45, 2.75) is 39.0 Å². The number of amides is 1. The van der Waals surface area contributed by atoms with Gasteiger partial charge in [-0.15, -0.1) is 0 Å². The number of benzene rings is 1. The lowest BCUT2D eigenvalue weighted by Crippen LogP contribution is -2.35. The van der Waals surface area contributed by atoms with Crippen molar-refractivity contribution in [1.82, 2.24) is 4.90 Å². The van der Waals surface area contributed by atoms with Gasteiger partial charge in [0, 0.05) is 24.6 Å². The highest BCUT2D eigenvalue weighted by Gasteiger charge is 2.37. The van der Waals surface area contributed by atoms with Gasteiger partial charge in [-0.25, -0.2) is 0 Å². The third kappa shape index (κ3) is 3.43. The number of halogens is 3. The van der Waals surface area contributed by atoms with E-state index in [1.54, 1.807) is 20.8 Å². The molecule has 2 rings (SSSR count). The van der Waals surface area contributed by atoms with Crippen LogP contribution in [0.25, 0.3) is 0 Å². The van der Waals surface area contributed by atoms with Crippen molar-refractivity contribution in [3.05, 3.63) is 34.9 Å². The lowest BCUT2D eigenvalue weighted by Gasteiger charge is -2.25. The Morgan fingerprint density at radius 1 is 1.32 bits per heavy atom. The normalized spacial score (nSPS) is 19.6. The number of carbonyl (C=O) groups is 1. The molecule has 3 nitrogen and oxygen atoms in total. The molecular weight excluding hydrogens is 295 g/mol. The molecule has 1 aromatic carbocycles. The number of likely N-dealkylation sites (tertiary alicyclic amines) is 1. The number of alkyl halides is 3. The van der Waals surface area contributed by atoms with Gasteiger partial charge in [0.25, 0.3) is 5.91 Å². The summed E-state index contributed by atoms with van der Waals surface area (Å²) in [5.41, 5.74) is -1.13. The van der Waals surface area contributed by atoms with E-state index in [0.29, 0.717) is 25.1 Å². The van der Waals surface area contributed by atoms with Crippen LogP contribution in [0, 0.1) is 12.8 Å². The minimum atomic E-state index is -4.47. The molecule has 1 saturated heterocycles. The summed E-state index contributed by atoms with van der Waals surface area (Å²) in [5.74, 6) is -0.474. The highest BCUT2D eigenvalue weighted by molar-refractivity contribution is 5.96. The SMILES string of the molecule is Cc1ccc(C(F)(F)F)cc1C(=O)N1CC[C@H](C(C)(C)O)C1. The van der Waals surface area contributed by atoms with Crippen molar-refractivity contribution < 1.29 is 23.1 Å². The van der Waals surface area contributed by atoms with Crippen molar-refractivity contribution in [1.29, 1.82) is 0 Å². The quantitative estimate of drug-likeness (QED) is 0.910. The third-order valence-corrected chi connectivity index (χ3v) is 4.27. The molecule has 1 heterocycles. The van der Waals surface area contributed by atoms with Crippen LogP contribution >= 0.6 is 0 Å². The van der Waals surface area contributed by atoms with Crippen LogP contribution in [0.1, 0.15) is 41.8 Å². The second-order valence-electron chi connectivity index (χ2n) is 6.42. The van der Waals surface area contributed by atoms with Gasteiger partial charge in [0.15, 0.2) is 0 Å². The maximum atomic E-state index is 12.8. The molecule has 0 bridgehead atoms. The van der Waals surface area contributed by atoms with Crippen molar-refractivity contribution >= 4 is 5.91 Å². The zero-order valence-corrected chi connectivity index (χ0v) is 12.9. The summed E-state index contributed by atoms with van der Waals surface area (Å²) < 4.78 is 38.4. The van der Waals surface area contributed by atoms with Crippen LogP contribution in [-0.2, 0) is 6.18 Å². The van der Waals surface area contributed by atoms with Crippen LogP contribution in [0.4, 0.5) is 13.2 Å². The standard InChI is InChI=1S/C16H20F3NO2/c1-10-4-5-11(16(17,18)19)8-13(10)14(21)20-7-6-12(9-20)15(2,3)22/h4-5,8,12,22H,6-7,9H2,1-3H3/t12-/m0/s1. The number of nitrogens with zero attached hydrogens (tertiary/aromatic N) is 1. The fourth-order valence-electron chi connectivity index (χ4n) is 2.72. The van der Waals surface area contributed by atoms with Crippen molar-refractivity contribution in [3.63, 3.8) is 0 Å². The molecule has 122 valence electrons. The molecule has 1 N–H and O–H groups in total. The Labute approximate surface area is 127 Å². The molecule has 1 amide bonds. The predicted octanol–water partition coefficient (Wildman–Crippen LogP) is 3.25. The molecule has 1 atom stereocenters. The number of aliphatic hydroxyl groups is 1. The third-order valence-electron chi connectivity index (χ3n) is 4.27. The van der Waals surface area contributed by atoms with Crippen molar-refractivity contribution in [2.75, 3.05) is 13.1 Å². The Kier molecular flexibility index (Phi) is 4.26. The molecule has 6 heteroatoms. The van der Waals surface area contributed by atoms with Crippen LogP contribution in [-0.4, -0.2) is 34.6 Å². The number of carbonyl (C=O) groups excluding carboxylic acids is 1. The Hall–Kier alpha value is -1.56. The first-order valence-electron chi connectivity index (χ1n) is 7.19. The summed E-state index contributed by atoms with van der Waals surface area (Å²) in [5, 5.41) is 10.0. The van der Waals surface area contributed by atoms with Crippen molar-refractivity contribution in [2.24, 2.45) is 5.92 Å². The highest BCUT2D eigenvalue weighted by atomic mass is 19.4. The van der Waals surface area contributed by atoms with Gasteiger partial charge in [-0.2, -0.15) is 13.2 Å². The smallest absolute Gasteiger partial charge is 0.390 e. The Bertz CT molecular complexity index is 576. The average molecular weight is 315 g/mol. The lowest BCUT2D eigenvalue weighted by molar-refractivity contribution is -0.137. The maximum Gasteiger partial charge on any atom is 0.416 e. The van der Waals surface area contributed by atoms with Crippen LogP contribution in [0.5, 0.6) is 0 Å². The summed E-state index contributed by atoms with van der Waals surface area (Å²) in [6.45, 7) is 5.79. The topological polar surface area (TPSA) is 40.5 Å². The van der Waals surface area contributed by atoms with Gasteiger partial charge < -0.3 is 10.0 Å². The Morgan fingerprint density at radius 3 is 2.45 bits per heavy atom. The number of aryl methyl sites for hydroxylation is 1. The first-order chi connectivity index (χ1) is 10.00. The van der Waals surface area contributed by atoms with E-state index in [0.717, 1.165) is 12.1 Å². The number of hydrogen-bond donors (Lipinski definition) is 1. The van der Waals surface area contributed by atoms with Gasteiger partial charge in [-0.05, 0) is 44.9 Å². The first-order valence-corrected chi connectivity index (χ1v) is 7.19. The van der Waals surface area contributed by atoms with Gasteiger partial charge in [0.05, 0.1) is 11.2 Å². The maximum absolute atomic E-state index is 12.8. The second-order valence-corrected chi connectivity index (χ2v) is 6.42. The molecule has 1 aliphatic heterocycles. The Morgan fingerprint density at radius 2 is 1.95 bits per heavy atom. The molecule has 0 spiro atoms. The van der Waals surface area contributed by atoms with Crippen LogP contribution in [0.3, 0.4) is 0 Å². The van der Waals surface area contributed by atoms with Gasteiger partial charge in [0.2, 0.25) is 0 Å². The number of rotatable bonds is 2. The second kappa shape index (κ2) is 5.57. The highest BCUT2D eigenvalue weighted by Crippen LogP contribution is 2.32. The van der Waals surface area contributed by atoms with E-state index < -0.39 is 23.2 Å². The molecule has 0 saturated carbocycles. The number of hydrogen-bond acceptors (Lipinski definition) is 2. The molecule has 1 fully saturated rings. The molecule has 0 unspecified atom stereocenters. The van der Waals surface area contributed by atoms with E-state index in [-0.39, 0.29) is 11.5 Å². The van der Waals surface area contributed by atoms with E-state index in [4.69, 9.17) is 0 Å². The van der Waals surface area contributed by atoms with Gasteiger partial charge >= 0.3 is 6.18 Å². The van der Waals surface area contributed by atoms with Crippen LogP contribution < -0.4 is 0 Å². The van der Waals surface area contributed by atoms with E-state index in [1.165, 1.54) is 11.0 Å². The van der Waals surface area contributed by atoms with Gasteiger partial charge in [-0.3, -0.25) is 4.79 Å². The van der Waals surface area contributed by atoms with Crippen LogP contribution in [0.15, 0.2) is 18.2 Å². The minimum Gasteiger partial charge on any atom is -0.390 e. The zero-order chi connectivity index (χ0) is 16.7. The summed E-state index contributed by atoms with van der Waals surface area (Å²) in [6.07, 6.45) is -3.82. The fourth-order valence-corrected chi connectivity index (χ4v) is 2.72. The molecule has 1 aromatic rings. The predicted molar refractivity (Wildman–Crippen MR) is 76.5 cm³/mol. The largest absolute Gasteiger partial charge is 0.416 e. The summed E-state index contributed by atoms with van der Waals surface area (Å²) in [4.78, 5) is 14.0. The summed E-state index contributed by atoms with van der Waals surface area (Å²) in [7, 11) is 0. The molecule has 0 radical (unpaired) electrons. The average Bonchev–Trinajstić information content (AvgIpc) is 2.86. The van der Waals surface area contributed by atoms with Crippen molar-refractivity contribution in [3.8, 4) is 0 Å². The minimum absolute atomic E-state index is 0.0671. The molecule has 1 aliphatic rings. The Balaban J connectivity index is 2.24. The molecule has 22 heavy (non-hydrogen) atoms. The van der Waals surface area contributed by atoms with E-state index in [9.17, 15) is 23.1 Å². The van der Waals surface area contributed by atoms with Gasteiger partial charge in [-0.1, -0.05) is 6.07 Å². The lowest BCUT2D eigenvalue weighted by atomic mass is 9.90. The van der Waals surface area contributed by atoms with Gasteiger partial charge in [0.1, 0.15) is 0 Å². The molecular formula is C16H20F3NO2. The fraction of sp³-hybridized carbons (Fsp3) is 0.562. The zero-order valence-electron chi connectivity index (χ0n) is 12.9.